The Bertz CT molecular complexity index is 1510. The first-order valence-corrected chi connectivity index (χ1v) is 11.4. The fourth-order valence-corrected chi connectivity index (χ4v) is 4.43. The molecule has 1 aliphatic rings. The molecule has 3 aromatic carbocycles. The quantitative estimate of drug-likeness (QED) is 0.437. The van der Waals surface area contributed by atoms with Gasteiger partial charge in [-0.05, 0) is 37.6 Å². The zero-order valence-corrected chi connectivity index (χ0v) is 19.5. The van der Waals surface area contributed by atoms with Crippen molar-refractivity contribution in [2.75, 3.05) is 23.9 Å². The molecule has 0 spiro atoms. The second-order valence-corrected chi connectivity index (χ2v) is 8.42. The highest BCUT2D eigenvalue weighted by atomic mass is 16.5. The van der Waals surface area contributed by atoms with E-state index in [1.165, 1.54) is 7.11 Å². The molecule has 1 N–H and O–H groups in total. The van der Waals surface area contributed by atoms with Gasteiger partial charge in [-0.25, -0.2) is 0 Å². The van der Waals surface area contributed by atoms with Crippen molar-refractivity contribution in [2.45, 2.75) is 19.8 Å². The summed E-state index contributed by atoms with van der Waals surface area (Å²) in [4.78, 5) is 40.2. The summed E-state index contributed by atoms with van der Waals surface area (Å²) in [5.41, 5.74) is 2.71. The molecule has 0 saturated carbocycles. The molecule has 4 aromatic rings. The SMILES string of the molecule is COc1cc(NC(=O)c2cccc3c(=O)c(C)c(-c4ccccc4)oc23)ccc1N1CCCC1=O. The van der Waals surface area contributed by atoms with E-state index in [1.54, 1.807) is 48.2 Å². The number of fused-ring (bicyclic) bond motifs is 1. The van der Waals surface area contributed by atoms with Gasteiger partial charge in [0.1, 0.15) is 11.5 Å². The normalized spacial score (nSPS) is 13.3. The zero-order chi connectivity index (χ0) is 24.5. The van der Waals surface area contributed by atoms with Gasteiger partial charge < -0.3 is 19.4 Å². The van der Waals surface area contributed by atoms with Gasteiger partial charge in [0.2, 0.25) is 5.91 Å². The Morgan fingerprint density at radius 2 is 1.83 bits per heavy atom. The first-order chi connectivity index (χ1) is 17.0. The van der Waals surface area contributed by atoms with Gasteiger partial charge in [-0.2, -0.15) is 0 Å². The summed E-state index contributed by atoms with van der Waals surface area (Å²) < 4.78 is 11.7. The van der Waals surface area contributed by atoms with E-state index in [2.05, 4.69) is 5.32 Å². The van der Waals surface area contributed by atoms with E-state index in [0.717, 1.165) is 12.0 Å². The molecule has 2 amide bonds. The number of carbonyl (C=O) groups is 2. The fraction of sp³-hybridized carbons (Fsp3) is 0.179. The topological polar surface area (TPSA) is 88.8 Å². The van der Waals surface area contributed by atoms with Crippen LogP contribution >= 0.6 is 0 Å². The Hall–Kier alpha value is -4.39. The van der Waals surface area contributed by atoms with Crippen molar-refractivity contribution in [2.24, 2.45) is 0 Å². The van der Waals surface area contributed by atoms with Crippen molar-refractivity contribution < 1.29 is 18.7 Å². The van der Waals surface area contributed by atoms with Crippen LogP contribution in [0.15, 0.2) is 75.9 Å². The second kappa shape index (κ2) is 9.10. The highest BCUT2D eigenvalue weighted by Crippen LogP contribution is 2.34. The third kappa shape index (κ3) is 4.05. The van der Waals surface area contributed by atoms with Gasteiger partial charge in [-0.3, -0.25) is 14.4 Å². The summed E-state index contributed by atoms with van der Waals surface area (Å²) in [7, 11) is 1.53. The van der Waals surface area contributed by atoms with Crippen LogP contribution in [0.5, 0.6) is 5.75 Å². The third-order valence-corrected chi connectivity index (χ3v) is 6.23. The van der Waals surface area contributed by atoms with Gasteiger partial charge in [0.05, 0.1) is 23.7 Å². The van der Waals surface area contributed by atoms with Crippen LogP contribution in [0.1, 0.15) is 28.8 Å². The number of nitrogens with one attached hydrogen (secondary N) is 1. The number of amides is 2. The van der Waals surface area contributed by atoms with E-state index in [1.807, 2.05) is 30.3 Å². The Labute approximate surface area is 201 Å². The maximum atomic E-state index is 13.3. The number of methoxy groups -OCH3 is 1. The maximum Gasteiger partial charge on any atom is 0.259 e. The molecule has 1 fully saturated rings. The molecular formula is C28H24N2O5. The van der Waals surface area contributed by atoms with Gasteiger partial charge in [0, 0.05) is 35.8 Å². The molecular weight excluding hydrogens is 444 g/mol. The summed E-state index contributed by atoms with van der Waals surface area (Å²) in [6.07, 6.45) is 1.32. The van der Waals surface area contributed by atoms with E-state index >= 15 is 0 Å². The number of nitrogens with zero attached hydrogens (tertiary/aromatic N) is 1. The van der Waals surface area contributed by atoms with Gasteiger partial charge in [0.25, 0.3) is 5.91 Å². The summed E-state index contributed by atoms with van der Waals surface area (Å²) in [6.45, 7) is 2.36. The van der Waals surface area contributed by atoms with E-state index < -0.39 is 5.91 Å². The van der Waals surface area contributed by atoms with Crippen LogP contribution in [0.2, 0.25) is 0 Å². The Morgan fingerprint density at radius 3 is 2.54 bits per heavy atom. The van der Waals surface area contributed by atoms with Crippen molar-refractivity contribution in [3.63, 3.8) is 0 Å². The van der Waals surface area contributed by atoms with Gasteiger partial charge in [-0.1, -0.05) is 36.4 Å². The van der Waals surface area contributed by atoms with Crippen molar-refractivity contribution in [3.05, 3.63) is 88.1 Å². The number of para-hydroxylation sites is 1. The molecule has 0 atom stereocenters. The first kappa shape index (κ1) is 22.4. The molecule has 1 aliphatic heterocycles. The summed E-state index contributed by atoms with van der Waals surface area (Å²) in [5.74, 6) is 0.554. The van der Waals surface area contributed by atoms with Crippen LogP contribution in [0, 0.1) is 6.92 Å². The number of ether oxygens (including phenoxy) is 1. The fourth-order valence-electron chi connectivity index (χ4n) is 4.43. The number of hydrogen-bond acceptors (Lipinski definition) is 5. The van der Waals surface area contributed by atoms with Crippen molar-refractivity contribution >= 4 is 34.2 Å². The molecule has 0 radical (unpaired) electrons. The van der Waals surface area contributed by atoms with E-state index in [4.69, 9.17) is 9.15 Å². The lowest BCUT2D eigenvalue weighted by molar-refractivity contribution is -0.117. The molecule has 0 bridgehead atoms. The smallest absolute Gasteiger partial charge is 0.259 e. The largest absolute Gasteiger partial charge is 0.494 e. The van der Waals surface area contributed by atoms with Gasteiger partial charge in [0.15, 0.2) is 11.0 Å². The maximum absolute atomic E-state index is 13.3. The lowest BCUT2D eigenvalue weighted by Gasteiger charge is -2.19. The van der Waals surface area contributed by atoms with Crippen LogP contribution in [0.4, 0.5) is 11.4 Å². The van der Waals surface area contributed by atoms with Gasteiger partial charge >= 0.3 is 0 Å². The predicted molar refractivity (Wildman–Crippen MR) is 135 cm³/mol. The lowest BCUT2D eigenvalue weighted by Crippen LogP contribution is -2.24. The number of rotatable bonds is 5. The van der Waals surface area contributed by atoms with E-state index in [9.17, 15) is 14.4 Å². The van der Waals surface area contributed by atoms with Crippen LogP contribution in [-0.2, 0) is 4.79 Å². The molecule has 0 aliphatic carbocycles. The Kier molecular flexibility index (Phi) is 5.82. The summed E-state index contributed by atoms with van der Waals surface area (Å²) in [5, 5.41) is 3.21. The van der Waals surface area contributed by atoms with Crippen molar-refractivity contribution in [3.8, 4) is 17.1 Å². The minimum atomic E-state index is -0.423. The zero-order valence-electron chi connectivity index (χ0n) is 19.5. The standard InChI is InChI=1S/C28H24N2O5/c1-17-25(32)20-10-6-11-21(27(20)35-26(17)18-8-4-3-5-9-18)28(33)29-19-13-14-22(23(16-19)34-2)30-15-7-12-24(30)31/h3-6,8-11,13-14,16H,7,12,15H2,1-2H3,(H,29,33). The minimum Gasteiger partial charge on any atom is -0.494 e. The molecule has 0 unspecified atom stereocenters. The molecule has 2 heterocycles. The van der Waals surface area contributed by atoms with Crippen molar-refractivity contribution in [1.29, 1.82) is 0 Å². The molecule has 1 aromatic heterocycles. The molecule has 35 heavy (non-hydrogen) atoms. The predicted octanol–water partition coefficient (Wildman–Crippen LogP) is 5.16. The van der Waals surface area contributed by atoms with Crippen LogP contribution in [-0.4, -0.2) is 25.5 Å². The summed E-state index contributed by atoms with van der Waals surface area (Å²) >= 11 is 0. The number of anilines is 2. The van der Waals surface area contributed by atoms with E-state index in [0.29, 0.717) is 46.8 Å². The van der Waals surface area contributed by atoms with Crippen LogP contribution < -0.4 is 20.4 Å². The number of hydrogen-bond donors (Lipinski definition) is 1. The Balaban J connectivity index is 1.52. The molecule has 5 rings (SSSR count). The van der Waals surface area contributed by atoms with Gasteiger partial charge in [-0.15, -0.1) is 0 Å². The summed E-state index contributed by atoms with van der Waals surface area (Å²) in [6, 6.07) is 19.4. The second-order valence-electron chi connectivity index (χ2n) is 8.42. The number of carbonyl (C=O) groups excluding carboxylic acids is 2. The molecule has 7 heteroatoms. The van der Waals surface area contributed by atoms with Crippen LogP contribution in [0.3, 0.4) is 0 Å². The number of benzene rings is 3. The van der Waals surface area contributed by atoms with Crippen molar-refractivity contribution in [1.82, 2.24) is 0 Å². The van der Waals surface area contributed by atoms with E-state index in [-0.39, 0.29) is 22.5 Å². The third-order valence-electron chi connectivity index (χ3n) is 6.23. The highest BCUT2D eigenvalue weighted by molar-refractivity contribution is 6.11. The monoisotopic (exact) mass is 468 g/mol. The lowest BCUT2D eigenvalue weighted by atomic mass is 10.0. The van der Waals surface area contributed by atoms with Crippen LogP contribution in [0.25, 0.3) is 22.3 Å². The molecule has 7 nitrogen and oxygen atoms in total. The average molecular weight is 469 g/mol. The Morgan fingerprint density at radius 1 is 1.03 bits per heavy atom. The average Bonchev–Trinajstić information content (AvgIpc) is 3.31. The first-order valence-electron chi connectivity index (χ1n) is 11.4. The minimum absolute atomic E-state index is 0.0513. The molecule has 1 saturated heterocycles. The highest BCUT2D eigenvalue weighted by Gasteiger charge is 2.25. The molecule has 176 valence electrons.